The highest BCUT2D eigenvalue weighted by Crippen LogP contribution is 2.63. The van der Waals surface area contributed by atoms with Gasteiger partial charge in [0.25, 0.3) is 0 Å². The van der Waals surface area contributed by atoms with Crippen LogP contribution >= 0.6 is 0 Å². The highest BCUT2D eigenvalue weighted by molar-refractivity contribution is 5.98. The standard InChI is InChI=1S/C24H38N2O6/c1-3-31-22(30)18-17-21(29)26(14-8-5-9-15-27)19(24(17)13-12-23(18,2)32-24)20(28)25-16-10-6-4-7-11-16/h16-19,27H,3-15H2,1-2H3,(H,25,28)/t17-,18+,19?,23-,24?/m0/s1. The fourth-order valence-corrected chi connectivity index (χ4v) is 6.65. The molecule has 0 aromatic heterocycles. The molecule has 32 heavy (non-hydrogen) atoms. The first-order valence-corrected chi connectivity index (χ1v) is 12.5. The summed E-state index contributed by atoms with van der Waals surface area (Å²) in [6, 6.07) is -0.592. The Morgan fingerprint density at radius 3 is 2.62 bits per heavy atom. The number of nitrogens with zero attached hydrogens (tertiary/aromatic N) is 1. The van der Waals surface area contributed by atoms with Crippen LogP contribution < -0.4 is 5.32 Å². The van der Waals surface area contributed by atoms with Crippen molar-refractivity contribution in [3.8, 4) is 0 Å². The number of fused-ring (bicyclic) bond motifs is 1. The van der Waals surface area contributed by atoms with Gasteiger partial charge in [-0.15, -0.1) is 0 Å². The van der Waals surface area contributed by atoms with Gasteiger partial charge in [-0.05, 0) is 58.8 Å². The second-order valence-corrected chi connectivity index (χ2v) is 10.1. The number of hydrogen-bond acceptors (Lipinski definition) is 6. The Hall–Kier alpha value is -1.67. The van der Waals surface area contributed by atoms with E-state index in [1.165, 1.54) is 6.42 Å². The van der Waals surface area contributed by atoms with E-state index in [9.17, 15) is 14.4 Å². The van der Waals surface area contributed by atoms with E-state index in [0.717, 1.165) is 32.1 Å². The van der Waals surface area contributed by atoms with Crippen molar-refractivity contribution in [1.29, 1.82) is 0 Å². The fraction of sp³-hybridized carbons (Fsp3) is 0.875. The molecule has 2 N–H and O–H groups in total. The third kappa shape index (κ3) is 3.83. The molecule has 3 saturated heterocycles. The van der Waals surface area contributed by atoms with E-state index in [1.54, 1.807) is 11.8 Å². The third-order valence-electron chi connectivity index (χ3n) is 8.07. The fourth-order valence-electron chi connectivity index (χ4n) is 6.65. The van der Waals surface area contributed by atoms with Crippen molar-refractivity contribution in [3.05, 3.63) is 0 Å². The Labute approximate surface area is 190 Å². The maximum atomic E-state index is 13.7. The van der Waals surface area contributed by atoms with Crippen LogP contribution in [-0.4, -0.2) is 70.8 Å². The number of ether oxygens (including phenoxy) is 2. The van der Waals surface area contributed by atoms with Crippen LogP contribution in [0.5, 0.6) is 0 Å². The van der Waals surface area contributed by atoms with E-state index in [-0.39, 0.29) is 31.1 Å². The van der Waals surface area contributed by atoms with Crippen LogP contribution in [0.4, 0.5) is 0 Å². The smallest absolute Gasteiger partial charge is 0.312 e. The van der Waals surface area contributed by atoms with Crippen LogP contribution in [0.3, 0.4) is 0 Å². The zero-order valence-electron chi connectivity index (χ0n) is 19.4. The van der Waals surface area contributed by atoms with E-state index in [2.05, 4.69) is 5.32 Å². The Morgan fingerprint density at radius 2 is 1.94 bits per heavy atom. The molecule has 1 aliphatic carbocycles. The average Bonchev–Trinajstić information content (AvgIpc) is 3.33. The van der Waals surface area contributed by atoms with Gasteiger partial charge in [0.05, 0.1) is 18.1 Å². The van der Waals surface area contributed by atoms with Crippen LogP contribution in [0.15, 0.2) is 0 Å². The Bertz CT molecular complexity index is 738. The number of esters is 1. The van der Waals surface area contributed by atoms with E-state index in [0.29, 0.717) is 32.2 Å². The van der Waals surface area contributed by atoms with E-state index < -0.39 is 35.0 Å². The first kappa shape index (κ1) is 23.5. The normalized spacial score (nSPS) is 36.4. The van der Waals surface area contributed by atoms with Gasteiger partial charge in [-0.1, -0.05) is 19.3 Å². The first-order valence-electron chi connectivity index (χ1n) is 12.5. The predicted octanol–water partition coefficient (Wildman–Crippen LogP) is 1.93. The van der Waals surface area contributed by atoms with Crippen LogP contribution in [0.1, 0.15) is 78.1 Å². The maximum Gasteiger partial charge on any atom is 0.312 e. The van der Waals surface area contributed by atoms with Gasteiger partial charge in [0, 0.05) is 19.2 Å². The summed E-state index contributed by atoms with van der Waals surface area (Å²) in [7, 11) is 0. The minimum absolute atomic E-state index is 0.110. The largest absolute Gasteiger partial charge is 0.466 e. The minimum atomic E-state index is -0.973. The van der Waals surface area contributed by atoms with Crippen LogP contribution in [0.25, 0.3) is 0 Å². The van der Waals surface area contributed by atoms with Gasteiger partial charge in [-0.3, -0.25) is 14.4 Å². The summed E-state index contributed by atoms with van der Waals surface area (Å²) in [5.74, 6) is -2.08. The molecule has 8 heteroatoms. The quantitative estimate of drug-likeness (QED) is 0.411. The molecule has 1 spiro atoms. The molecule has 1 saturated carbocycles. The monoisotopic (exact) mass is 450 g/mol. The predicted molar refractivity (Wildman–Crippen MR) is 117 cm³/mol. The first-order chi connectivity index (χ1) is 15.4. The molecular formula is C24H38N2O6. The van der Waals surface area contributed by atoms with Gasteiger partial charge in [-0.25, -0.2) is 0 Å². The summed E-state index contributed by atoms with van der Waals surface area (Å²) in [4.78, 5) is 41.9. The van der Waals surface area contributed by atoms with Gasteiger partial charge in [0.15, 0.2) is 0 Å². The molecule has 2 unspecified atom stereocenters. The number of unbranched alkanes of at least 4 members (excludes halogenated alkanes) is 2. The van der Waals surface area contributed by atoms with Gasteiger partial charge < -0.3 is 24.8 Å². The van der Waals surface area contributed by atoms with Crippen molar-refractivity contribution in [2.24, 2.45) is 11.8 Å². The van der Waals surface area contributed by atoms with Crippen molar-refractivity contribution in [2.75, 3.05) is 19.8 Å². The molecule has 8 nitrogen and oxygen atoms in total. The lowest BCUT2D eigenvalue weighted by atomic mass is 9.66. The number of nitrogens with one attached hydrogen (secondary N) is 1. The van der Waals surface area contributed by atoms with Crippen molar-refractivity contribution < 1.29 is 29.0 Å². The Kier molecular flexibility index (Phi) is 6.82. The van der Waals surface area contributed by atoms with Crippen LogP contribution in [-0.2, 0) is 23.9 Å². The van der Waals surface area contributed by atoms with Crippen molar-refractivity contribution in [2.45, 2.75) is 101 Å². The van der Waals surface area contributed by atoms with Gasteiger partial charge in [-0.2, -0.15) is 0 Å². The second-order valence-electron chi connectivity index (χ2n) is 10.1. The average molecular weight is 451 g/mol. The highest BCUT2D eigenvalue weighted by Gasteiger charge is 2.78. The number of hydrogen-bond donors (Lipinski definition) is 2. The van der Waals surface area contributed by atoms with E-state index in [1.807, 2.05) is 6.92 Å². The topological polar surface area (TPSA) is 105 Å². The maximum absolute atomic E-state index is 13.7. The zero-order valence-corrected chi connectivity index (χ0v) is 19.4. The zero-order chi connectivity index (χ0) is 22.9. The minimum Gasteiger partial charge on any atom is -0.466 e. The summed E-state index contributed by atoms with van der Waals surface area (Å²) in [6.45, 7) is 4.43. The van der Waals surface area contributed by atoms with E-state index in [4.69, 9.17) is 14.6 Å². The summed E-state index contributed by atoms with van der Waals surface area (Å²) >= 11 is 0. The molecule has 4 fully saturated rings. The van der Waals surface area contributed by atoms with Gasteiger partial charge >= 0.3 is 5.97 Å². The van der Waals surface area contributed by atoms with Crippen LogP contribution in [0, 0.1) is 11.8 Å². The Balaban J connectivity index is 1.62. The van der Waals surface area contributed by atoms with Crippen molar-refractivity contribution in [3.63, 3.8) is 0 Å². The van der Waals surface area contributed by atoms with E-state index >= 15 is 0 Å². The molecule has 180 valence electrons. The number of rotatable bonds is 9. The highest BCUT2D eigenvalue weighted by atomic mass is 16.6. The Morgan fingerprint density at radius 1 is 1.19 bits per heavy atom. The molecule has 2 bridgehead atoms. The molecule has 0 aromatic rings. The lowest BCUT2D eigenvalue weighted by molar-refractivity contribution is -0.159. The van der Waals surface area contributed by atoms with Gasteiger partial charge in [0.2, 0.25) is 11.8 Å². The van der Waals surface area contributed by atoms with Crippen molar-refractivity contribution >= 4 is 17.8 Å². The molecule has 0 aromatic carbocycles. The third-order valence-corrected chi connectivity index (χ3v) is 8.07. The molecule has 3 heterocycles. The molecule has 5 atom stereocenters. The molecule has 4 aliphatic rings. The number of aliphatic hydroxyl groups excluding tert-OH is 1. The lowest BCUT2D eigenvalue weighted by Gasteiger charge is -2.35. The lowest BCUT2D eigenvalue weighted by Crippen LogP contribution is -2.57. The number of carbonyl (C=O) groups is 3. The second kappa shape index (κ2) is 9.29. The van der Waals surface area contributed by atoms with Gasteiger partial charge in [0.1, 0.15) is 17.6 Å². The summed E-state index contributed by atoms with van der Waals surface area (Å²) in [5.41, 5.74) is -1.75. The molecule has 0 radical (unpaired) electrons. The number of aliphatic hydroxyl groups is 1. The summed E-state index contributed by atoms with van der Waals surface area (Å²) < 4.78 is 11.9. The summed E-state index contributed by atoms with van der Waals surface area (Å²) in [5, 5.41) is 12.3. The number of likely N-dealkylation sites (tertiary alicyclic amines) is 1. The SMILES string of the molecule is CCOC(=O)[C@H]1[C@H]2C(=O)N(CCCCCO)C(C(=O)NC3CCCCC3)C23CC[C@]1(C)O3. The molecule has 4 rings (SSSR count). The molecule has 3 aliphatic heterocycles. The number of amides is 2. The number of carbonyl (C=O) groups excluding carboxylic acids is 3. The molecular weight excluding hydrogens is 412 g/mol. The van der Waals surface area contributed by atoms with Crippen LogP contribution in [0.2, 0.25) is 0 Å². The summed E-state index contributed by atoms with van der Waals surface area (Å²) in [6.07, 6.45) is 8.68. The van der Waals surface area contributed by atoms with Crippen molar-refractivity contribution in [1.82, 2.24) is 10.2 Å². The molecule has 2 amide bonds.